The van der Waals surface area contributed by atoms with E-state index in [1.54, 1.807) is 0 Å². The molecule has 0 aliphatic heterocycles. The number of benzene rings is 1. The van der Waals surface area contributed by atoms with Gasteiger partial charge in [-0.2, -0.15) is 0 Å². The lowest BCUT2D eigenvalue weighted by Gasteiger charge is -2.32. The normalized spacial score (nSPS) is 11.0. The van der Waals surface area contributed by atoms with Gasteiger partial charge in [0.2, 0.25) is 0 Å². The van der Waals surface area contributed by atoms with Crippen LogP contribution in [0.15, 0.2) is 18.2 Å². The molecule has 0 heterocycles. The first kappa shape index (κ1) is 15.3. The average molecular weight is 271 g/mol. The van der Waals surface area contributed by atoms with Crippen molar-refractivity contribution in [1.82, 2.24) is 0 Å². The molecule has 0 aromatic heterocycles. The fraction of sp³-hybridized carbons (Fsp3) is 0.571. The summed E-state index contributed by atoms with van der Waals surface area (Å²) in [6.45, 7) is 5.55. The number of aliphatic hydroxyl groups is 1. The molecule has 4 heteroatoms. The number of hydrogen-bond acceptors (Lipinski definition) is 3. The Bertz CT molecular complexity index is 367. The van der Waals surface area contributed by atoms with Crippen LogP contribution in [-0.2, 0) is 6.54 Å². The van der Waals surface area contributed by atoms with E-state index >= 15 is 0 Å². The lowest BCUT2D eigenvalue weighted by atomic mass is 10.1. The summed E-state index contributed by atoms with van der Waals surface area (Å²) in [5, 5.41) is 9.91. The number of nitrogens with two attached hydrogens (primary N) is 1. The lowest BCUT2D eigenvalue weighted by molar-refractivity contribution is 0.296. The molecule has 0 saturated heterocycles. The summed E-state index contributed by atoms with van der Waals surface area (Å²) in [7, 11) is 0. The van der Waals surface area contributed by atoms with Gasteiger partial charge in [0.25, 0.3) is 0 Å². The molecule has 0 radical (unpaired) electrons. The molecule has 0 atom stereocenters. The molecule has 1 aromatic rings. The Morgan fingerprint density at radius 1 is 1.33 bits per heavy atom. The minimum atomic E-state index is 0.146. The van der Waals surface area contributed by atoms with Crippen LogP contribution >= 0.6 is 11.6 Å². The minimum Gasteiger partial charge on any atom is -0.395 e. The van der Waals surface area contributed by atoms with Gasteiger partial charge < -0.3 is 15.7 Å². The van der Waals surface area contributed by atoms with Crippen molar-refractivity contribution in [3.05, 3.63) is 28.8 Å². The molecule has 0 spiro atoms. The van der Waals surface area contributed by atoms with Crippen molar-refractivity contribution in [2.24, 2.45) is 5.73 Å². The molecule has 1 rings (SSSR count). The second-order valence-electron chi connectivity index (χ2n) is 4.37. The SMILES string of the molecule is CCC(CC)N(CCO)c1ccc(CN)c(Cl)c1. The maximum atomic E-state index is 9.21. The highest BCUT2D eigenvalue weighted by atomic mass is 35.5. The molecule has 18 heavy (non-hydrogen) atoms. The maximum absolute atomic E-state index is 9.21. The molecule has 0 saturated carbocycles. The molecule has 0 aliphatic rings. The van der Waals surface area contributed by atoms with E-state index in [0.717, 1.165) is 24.1 Å². The molecule has 0 aliphatic carbocycles. The van der Waals surface area contributed by atoms with Gasteiger partial charge in [-0.3, -0.25) is 0 Å². The van der Waals surface area contributed by atoms with Crippen LogP contribution in [0.3, 0.4) is 0 Å². The Morgan fingerprint density at radius 2 is 2.00 bits per heavy atom. The Hall–Kier alpha value is -0.770. The van der Waals surface area contributed by atoms with Crippen molar-refractivity contribution in [2.45, 2.75) is 39.3 Å². The van der Waals surface area contributed by atoms with E-state index in [1.807, 2.05) is 18.2 Å². The first-order valence-corrected chi connectivity index (χ1v) is 6.91. The number of rotatable bonds is 7. The molecule has 3 N–H and O–H groups in total. The quantitative estimate of drug-likeness (QED) is 0.801. The van der Waals surface area contributed by atoms with Gasteiger partial charge in [0.15, 0.2) is 0 Å². The van der Waals surface area contributed by atoms with Gasteiger partial charge in [-0.15, -0.1) is 0 Å². The fourth-order valence-corrected chi connectivity index (χ4v) is 2.49. The van der Waals surface area contributed by atoms with Crippen LogP contribution in [0.25, 0.3) is 0 Å². The molecule has 0 bridgehead atoms. The number of anilines is 1. The van der Waals surface area contributed by atoms with E-state index < -0.39 is 0 Å². The standard InChI is InChI=1S/C14H23ClN2O/c1-3-12(4-2)17(7-8-18)13-6-5-11(10-16)14(15)9-13/h5-6,9,12,18H,3-4,7-8,10,16H2,1-2H3. The predicted octanol–water partition coefficient (Wildman–Crippen LogP) is 2.79. The summed E-state index contributed by atoms with van der Waals surface area (Å²) in [6, 6.07) is 6.36. The minimum absolute atomic E-state index is 0.146. The Balaban J connectivity index is 3.01. The first-order chi connectivity index (χ1) is 8.67. The number of aliphatic hydroxyl groups excluding tert-OH is 1. The van der Waals surface area contributed by atoms with Crippen molar-refractivity contribution < 1.29 is 5.11 Å². The first-order valence-electron chi connectivity index (χ1n) is 6.53. The van der Waals surface area contributed by atoms with Gasteiger partial charge in [-0.1, -0.05) is 31.5 Å². The smallest absolute Gasteiger partial charge is 0.0606 e. The highest BCUT2D eigenvalue weighted by Gasteiger charge is 2.16. The van der Waals surface area contributed by atoms with Crippen LogP contribution in [0.4, 0.5) is 5.69 Å². The van der Waals surface area contributed by atoms with Gasteiger partial charge in [0.05, 0.1) is 6.61 Å². The summed E-state index contributed by atoms with van der Waals surface area (Å²) in [5.41, 5.74) is 7.62. The van der Waals surface area contributed by atoms with E-state index in [-0.39, 0.29) is 6.61 Å². The van der Waals surface area contributed by atoms with Crippen LogP contribution in [-0.4, -0.2) is 24.3 Å². The van der Waals surface area contributed by atoms with Crippen molar-refractivity contribution >= 4 is 17.3 Å². The Labute approximate surface area is 115 Å². The zero-order valence-electron chi connectivity index (χ0n) is 11.2. The molecule has 0 fully saturated rings. The van der Waals surface area contributed by atoms with Gasteiger partial charge in [-0.25, -0.2) is 0 Å². The summed E-state index contributed by atoms with van der Waals surface area (Å²) < 4.78 is 0. The highest BCUT2D eigenvalue weighted by Crippen LogP contribution is 2.26. The molecule has 0 unspecified atom stereocenters. The fourth-order valence-electron chi connectivity index (χ4n) is 2.24. The second-order valence-corrected chi connectivity index (χ2v) is 4.77. The Morgan fingerprint density at radius 3 is 2.44 bits per heavy atom. The van der Waals surface area contributed by atoms with E-state index in [1.165, 1.54) is 0 Å². The number of halogens is 1. The van der Waals surface area contributed by atoms with Gasteiger partial charge in [0.1, 0.15) is 0 Å². The van der Waals surface area contributed by atoms with Crippen molar-refractivity contribution in [1.29, 1.82) is 0 Å². The third kappa shape index (κ3) is 3.61. The molecule has 3 nitrogen and oxygen atoms in total. The topological polar surface area (TPSA) is 49.5 Å². The van der Waals surface area contributed by atoms with Crippen LogP contribution in [0.2, 0.25) is 5.02 Å². The third-order valence-corrected chi connectivity index (χ3v) is 3.66. The van der Waals surface area contributed by atoms with Crippen molar-refractivity contribution in [2.75, 3.05) is 18.1 Å². The molecule has 1 aromatic carbocycles. The van der Waals surface area contributed by atoms with Crippen LogP contribution in [0, 0.1) is 0 Å². The third-order valence-electron chi connectivity index (χ3n) is 3.31. The van der Waals surface area contributed by atoms with Gasteiger partial charge in [-0.05, 0) is 30.5 Å². The average Bonchev–Trinajstić information content (AvgIpc) is 2.39. The lowest BCUT2D eigenvalue weighted by Crippen LogP contribution is -2.36. The van der Waals surface area contributed by atoms with Crippen molar-refractivity contribution in [3.8, 4) is 0 Å². The van der Waals surface area contributed by atoms with Gasteiger partial charge in [0, 0.05) is 29.8 Å². The number of hydrogen-bond donors (Lipinski definition) is 2. The van der Waals surface area contributed by atoms with E-state index in [2.05, 4.69) is 18.7 Å². The van der Waals surface area contributed by atoms with E-state index in [4.69, 9.17) is 17.3 Å². The molecule has 102 valence electrons. The molecule has 0 amide bonds. The van der Waals surface area contributed by atoms with Gasteiger partial charge >= 0.3 is 0 Å². The monoisotopic (exact) mass is 270 g/mol. The predicted molar refractivity (Wildman–Crippen MR) is 78.1 cm³/mol. The summed E-state index contributed by atoms with van der Waals surface area (Å²) in [6.07, 6.45) is 2.10. The number of nitrogens with zero attached hydrogens (tertiary/aromatic N) is 1. The summed E-state index contributed by atoms with van der Waals surface area (Å²) in [5.74, 6) is 0. The van der Waals surface area contributed by atoms with Crippen LogP contribution in [0.5, 0.6) is 0 Å². The van der Waals surface area contributed by atoms with E-state index in [9.17, 15) is 5.11 Å². The van der Waals surface area contributed by atoms with Crippen LogP contribution < -0.4 is 10.6 Å². The summed E-state index contributed by atoms with van der Waals surface area (Å²) in [4.78, 5) is 2.21. The molecular formula is C14H23ClN2O. The maximum Gasteiger partial charge on any atom is 0.0606 e. The van der Waals surface area contributed by atoms with E-state index in [0.29, 0.717) is 24.2 Å². The largest absolute Gasteiger partial charge is 0.395 e. The van der Waals surface area contributed by atoms with Crippen LogP contribution in [0.1, 0.15) is 32.3 Å². The highest BCUT2D eigenvalue weighted by molar-refractivity contribution is 6.31. The Kier molecular flexibility index (Phi) is 6.47. The zero-order chi connectivity index (χ0) is 13.5. The summed E-state index contributed by atoms with van der Waals surface area (Å²) >= 11 is 6.20. The second kappa shape index (κ2) is 7.62. The zero-order valence-corrected chi connectivity index (χ0v) is 12.0. The molecular weight excluding hydrogens is 248 g/mol. The van der Waals surface area contributed by atoms with Crippen molar-refractivity contribution in [3.63, 3.8) is 0 Å².